The Kier molecular flexibility index (Phi) is 7.55. The van der Waals surface area contributed by atoms with Gasteiger partial charge in [0.05, 0.1) is 51.2 Å². The van der Waals surface area contributed by atoms with Crippen LogP contribution in [0, 0.1) is 11.8 Å². The van der Waals surface area contributed by atoms with E-state index in [0.717, 1.165) is 56.5 Å². The number of aliphatic hydroxyl groups is 1. The third kappa shape index (κ3) is 5.29. The second-order valence-electron chi connectivity index (χ2n) is 9.89. The van der Waals surface area contributed by atoms with Crippen molar-refractivity contribution in [2.75, 3.05) is 0 Å². The van der Waals surface area contributed by atoms with Gasteiger partial charge in [-0.05, 0) is 72.7 Å². The second kappa shape index (κ2) is 11.6. The van der Waals surface area contributed by atoms with Crippen LogP contribution in [0.2, 0.25) is 0 Å². The Morgan fingerprint density at radius 3 is 1.83 bits per heavy atom. The molecule has 5 aliphatic rings. The molecule has 0 spiro atoms. The molecule has 0 fully saturated rings. The number of rotatable bonds is 2. The fraction of sp³-hybridized carbons (Fsp3) is 0.0556. The Morgan fingerprint density at radius 1 is 0.595 bits per heavy atom. The summed E-state index contributed by atoms with van der Waals surface area (Å²) in [6.07, 6.45) is 17.2. The molecule has 2 aromatic carbocycles. The Labute approximate surface area is 257 Å². The summed E-state index contributed by atoms with van der Waals surface area (Å²) in [5.74, 6) is 6.06. The first-order valence-corrected chi connectivity index (χ1v) is 13.5. The number of allylic oxidation sites excluding steroid dienone is 12. The van der Waals surface area contributed by atoms with Crippen LogP contribution in [0.3, 0.4) is 0 Å². The van der Waals surface area contributed by atoms with Gasteiger partial charge in [0.1, 0.15) is 6.10 Å². The zero-order valence-corrected chi connectivity index (χ0v) is 26.0. The molecule has 0 amide bonds. The SMILES string of the molecule is CC(O)C#CC1=C2C=CC(=N2)C(c2ccccc2)=C2C=CC(=N2)C=C2C=CC(=N2)C(c2ccccc2)=C2C=CC1=N2.[Zn]. The maximum atomic E-state index is 10.0. The average Bonchev–Trinajstić information content (AvgIpc) is 3.80. The molecule has 0 saturated heterocycles. The number of aliphatic imine (C=N–C) groups is 4. The van der Waals surface area contributed by atoms with Crippen molar-refractivity contribution < 1.29 is 24.6 Å². The topological polar surface area (TPSA) is 69.7 Å². The standard InChI is InChI=1S/C36H24N4O.Zn/c1-23(41)12-15-28-29-18-20-33(39-29)35(24-8-4-2-5-9-24)31-16-13-26(37-31)22-27-14-17-32(38-27)36(25-10-6-3-7-11-25)34-21-19-30(28)40-34;/h2-11,13-14,16-23,41H,1H3;. The van der Waals surface area contributed by atoms with Crippen LogP contribution in [-0.2, 0) is 19.5 Å². The van der Waals surface area contributed by atoms with Crippen molar-refractivity contribution in [2.45, 2.75) is 13.0 Å². The van der Waals surface area contributed by atoms with Gasteiger partial charge in [0.25, 0.3) is 0 Å². The molecule has 2 aromatic rings. The zero-order chi connectivity index (χ0) is 27.8. The fourth-order valence-corrected chi connectivity index (χ4v) is 5.13. The van der Waals surface area contributed by atoms with Gasteiger partial charge in [-0.25, -0.2) is 20.0 Å². The predicted octanol–water partition coefficient (Wildman–Crippen LogP) is 6.39. The maximum Gasteiger partial charge on any atom is 0.112 e. The molecule has 5 aliphatic heterocycles. The number of hydrogen-bond donors (Lipinski definition) is 1. The Morgan fingerprint density at radius 2 is 1.14 bits per heavy atom. The van der Waals surface area contributed by atoms with E-state index < -0.39 is 6.10 Å². The van der Waals surface area contributed by atoms with E-state index in [1.807, 2.05) is 91.1 Å². The van der Waals surface area contributed by atoms with E-state index in [0.29, 0.717) is 17.0 Å². The van der Waals surface area contributed by atoms with E-state index in [2.05, 4.69) is 36.1 Å². The van der Waals surface area contributed by atoms with Crippen molar-refractivity contribution in [3.63, 3.8) is 0 Å². The molecule has 1 N–H and O–H groups in total. The Balaban J connectivity index is 0.00000316. The van der Waals surface area contributed by atoms with Gasteiger partial charge in [-0.15, -0.1) is 0 Å². The van der Waals surface area contributed by atoms with Gasteiger partial charge in [0, 0.05) is 30.6 Å². The molecular formula is C36H24N4OZn. The van der Waals surface area contributed by atoms with Crippen molar-refractivity contribution in [3.05, 3.63) is 155 Å². The van der Waals surface area contributed by atoms with E-state index in [9.17, 15) is 5.11 Å². The Bertz CT molecular complexity index is 1890. The molecule has 196 valence electrons. The van der Waals surface area contributed by atoms with Crippen LogP contribution in [0.5, 0.6) is 0 Å². The molecule has 0 saturated carbocycles. The number of nitrogens with zero attached hydrogens (tertiary/aromatic N) is 4. The quantitative estimate of drug-likeness (QED) is 0.318. The summed E-state index contributed by atoms with van der Waals surface area (Å²) in [5.41, 5.74) is 10.8. The van der Waals surface area contributed by atoms with Crippen LogP contribution in [0.1, 0.15) is 18.1 Å². The minimum atomic E-state index is -0.792. The summed E-state index contributed by atoms with van der Waals surface area (Å²) in [4.78, 5) is 20.0. The van der Waals surface area contributed by atoms with Gasteiger partial charge >= 0.3 is 0 Å². The first-order chi connectivity index (χ1) is 20.1. The van der Waals surface area contributed by atoms with Crippen LogP contribution < -0.4 is 0 Å². The molecule has 6 heteroatoms. The van der Waals surface area contributed by atoms with E-state index >= 15 is 0 Å². The maximum absolute atomic E-state index is 10.0. The van der Waals surface area contributed by atoms with E-state index in [1.165, 1.54) is 0 Å². The van der Waals surface area contributed by atoms with Gasteiger partial charge in [0.2, 0.25) is 0 Å². The van der Waals surface area contributed by atoms with E-state index in [1.54, 1.807) is 6.92 Å². The molecule has 5 nitrogen and oxygen atoms in total. The van der Waals surface area contributed by atoms with E-state index in [-0.39, 0.29) is 19.5 Å². The summed E-state index contributed by atoms with van der Waals surface area (Å²) < 4.78 is 0. The molecule has 0 radical (unpaired) electrons. The van der Waals surface area contributed by atoms with Crippen LogP contribution in [-0.4, -0.2) is 34.1 Å². The van der Waals surface area contributed by atoms with Crippen LogP contribution in [0.4, 0.5) is 0 Å². The summed E-state index contributed by atoms with van der Waals surface area (Å²) in [5, 5.41) is 10.0. The third-order valence-electron chi connectivity index (χ3n) is 6.97. The number of aliphatic hydroxyl groups excluding tert-OH is 1. The van der Waals surface area contributed by atoms with Crippen molar-refractivity contribution in [2.24, 2.45) is 20.0 Å². The third-order valence-corrected chi connectivity index (χ3v) is 6.97. The first-order valence-electron chi connectivity index (χ1n) is 13.5. The minimum absolute atomic E-state index is 0. The van der Waals surface area contributed by atoms with Crippen molar-refractivity contribution in [1.82, 2.24) is 0 Å². The van der Waals surface area contributed by atoms with Crippen LogP contribution >= 0.6 is 0 Å². The van der Waals surface area contributed by atoms with Crippen molar-refractivity contribution in [1.29, 1.82) is 0 Å². The van der Waals surface area contributed by atoms with Crippen LogP contribution in [0.15, 0.2) is 164 Å². The van der Waals surface area contributed by atoms with E-state index in [4.69, 9.17) is 20.0 Å². The molecule has 1 unspecified atom stereocenters. The summed E-state index contributed by atoms with van der Waals surface area (Å²) >= 11 is 0. The summed E-state index contributed by atoms with van der Waals surface area (Å²) in [7, 11) is 0. The fourth-order valence-electron chi connectivity index (χ4n) is 5.13. The number of hydrogen-bond acceptors (Lipinski definition) is 5. The first kappa shape index (κ1) is 27.4. The molecule has 1 atom stereocenters. The predicted molar refractivity (Wildman–Crippen MR) is 168 cm³/mol. The number of fused-ring (bicyclic) bond motifs is 4. The van der Waals surface area contributed by atoms with Gasteiger partial charge in [-0.1, -0.05) is 72.5 Å². The summed E-state index contributed by atoms with van der Waals surface area (Å²) in [6.45, 7) is 1.65. The monoisotopic (exact) mass is 592 g/mol. The Hall–Kier alpha value is -4.82. The molecule has 7 rings (SSSR count). The largest absolute Gasteiger partial charge is 0.381 e. The zero-order valence-electron chi connectivity index (χ0n) is 23.0. The van der Waals surface area contributed by atoms with Crippen LogP contribution in [0.25, 0.3) is 11.1 Å². The summed E-state index contributed by atoms with van der Waals surface area (Å²) in [6, 6.07) is 20.3. The van der Waals surface area contributed by atoms with Gasteiger partial charge in [0.15, 0.2) is 0 Å². The molecule has 0 aromatic heterocycles. The normalized spacial score (nSPS) is 18.8. The van der Waals surface area contributed by atoms with Gasteiger partial charge < -0.3 is 5.11 Å². The molecule has 5 heterocycles. The average molecular weight is 594 g/mol. The number of benzene rings is 2. The molecular weight excluding hydrogens is 570 g/mol. The molecule has 0 aliphatic carbocycles. The van der Waals surface area contributed by atoms with Crippen molar-refractivity contribution in [3.8, 4) is 11.8 Å². The van der Waals surface area contributed by atoms with Gasteiger partial charge in [-0.2, -0.15) is 0 Å². The smallest absolute Gasteiger partial charge is 0.112 e. The minimum Gasteiger partial charge on any atom is -0.381 e. The van der Waals surface area contributed by atoms with Crippen molar-refractivity contribution >= 4 is 34.0 Å². The molecule has 8 bridgehead atoms. The van der Waals surface area contributed by atoms with Gasteiger partial charge in [-0.3, -0.25) is 0 Å². The second-order valence-corrected chi connectivity index (χ2v) is 9.89. The molecule has 42 heavy (non-hydrogen) atoms.